The number of amides is 2. The van der Waals surface area contributed by atoms with Crippen LogP contribution >= 0.6 is 0 Å². The number of rotatable bonds is 3. The first-order valence-electron chi connectivity index (χ1n) is 9.40. The second-order valence-electron chi connectivity index (χ2n) is 7.73. The normalized spacial score (nSPS) is 25.6. The standard InChI is InChI=1S/C19H19N3O6S/c1-20-15-8-12(6-7-16(15)28-19(20)25)29(26,27)21-9-11(10-21)22-17(23)13-4-2-3-5-14(13)18(22)24/h2-3,6-8,11,13-14H,4-5,9-10H2,1H3/t13-,14-/m1/s1. The van der Waals surface area contributed by atoms with Gasteiger partial charge in [-0.05, 0) is 31.0 Å². The maximum Gasteiger partial charge on any atom is 0.419 e. The van der Waals surface area contributed by atoms with Crippen molar-refractivity contribution in [3.05, 3.63) is 40.9 Å². The van der Waals surface area contributed by atoms with Crippen molar-refractivity contribution in [1.82, 2.24) is 13.8 Å². The first-order chi connectivity index (χ1) is 13.8. The van der Waals surface area contributed by atoms with Crippen molar-refractivity contribution >= 4 is 32.9 Å². The Morgan fingerprint density at radius 2 is 1.62 bits per heavy atom. The molecule has 2 saturated heterocycles. The third-order valence-corrected chi connectivity index (χ3v) is 7.96. The van der Waals surface area contributed by atoms with E-state index in [2.05, 4.69) is 0 Å². The number of imide groups is 1. The Morgan fingerprint density at radius 1 is 1.00 bits per heavy atom. The number of fused-ring (bicyclic) bond motifs is 2. The van der Waals surface area contributed by atoms with Gasteiger partial charge < -0.3 is 4.42 Å². The molecule has 2 aromatic rings. The van der Waals surface area contributed by atoms with E-state index in [0.29, 0.717) is 23.9 Å². The van der Waals surface area contributed by atoms with E-state index in [9.17, 15) is 22.8 Å². The molecular formula is C19H19N3O6S. The van der Waals surface area contributed by atoms with E-state index >= 15 is 0 Å². The number of likely N-dealkylation sites (tertiary alicyclic amines) is 1. The molecule has 1 aromatic heterocycles. The van der Waals surface area contributed by atoms with Crippen LogP contribution in [0.4, 0.5) is 0 Å². The molecule has 2 fully saturated rings. The van der Waals surface area contributed by atoms with Gasteiger partial charge in [0.1, 0.15) is 0 Å². The number of carbonyl (C=O) groups excluding carboxylic acids is 2. The fourth-order valence-electron chi connectivity index (χ4n) is 4.38. The Morgan fingerprint density at radius 3 is 2.24 bits per heavy atom. The Hall–Kier alpha value is -2.72. The third kappa shape index (κ3) is 2.55. The fourth-order valence-corrected chi connectivity index (χ4v) is 5.91. The predicted molar refractivity (Wildman–Crippen MR) is 101 cm³/mol. The summed E-state index contributed by atoms with van der Waals surface area (Å²) in [5, 5.41) is 0. The van der Waals surface area contributed by atoms with Crippen molar-refractivity contribution in [2.75, 3.05) is 13.1 Å². The number of carbonyl (C=O) groups is 2. The zero-order valence-electron chi connectivity index (χ0n) is 15.6. The molecule has 1 aromatic carbocycles. The molecule has 0 saturated carbocycles. The maximum absolute atomic E-state index is 13.0. The van der Waals surface area contributed by atoms with E-state index in [4.69, 9.17) is 4.42 Å². The van der Waals surface area contributed by atoms with Gasteiger partial charge in [0.25, 0.3) is 0 Å². The van der Waals surface area contributed by atoms with Gasteiger partial charge in [0.2, 0.25) is 21.8 Å². The van der Waals surface area contributed by atoms with Crippen LogP contribution in [-0.2, 0) is 26.7 Å². The Balaban J connectivity index is 1.36. The molecule has 1 aliphatic carbocycles. The predicted octanol–water partition coefficient (Wildman–Crippen LogP) is 0.456. The highest BCUT2D eigenvalue weighted by Gasteiger charge is 2.53. The average molecular weight is 417 g/mol. The van der Waals surface area contributed by atoms with Crippen LogP contribution in [0.1, 0.15) is 12.8 Å². The topological polar surface area (TPSA) is 110 Å². The van der Waals surface area contributed by atoms with Crippen molar-refractivity contribution in [1.29, 1.82) is 0 Å². The second kappa shape index (κ2) is 6.14. The highest BCUT2D eigenvalue weighted by molar-refractivity contribution is 7.89. The Bertz CT molecular complexity index is 1210. The molecule has 5 rings (SSSR count). The van der Waals surface area contributed by atoms with Crippen LogP contribution < -0.4 is 5.76 Å². The summed E-state index contributed by atoms with van der Waals surface area (Å²) in [4.78, 5) is 38.3. The van der Waals surface area contributed by atoms with E-state index in [0.717, 1.165) is 0 Å². The highest BCUT2D eigenvalue weighted by atomic mass is 32.2. The number of benzene rings is 1. The van der Waals surface area contributed by atoms with E-state index in [-0.39, 0.29) is 41.6 Å². The van der Waals surface area contributed by atoms with Gasteiger partial charge in [-0.1, -0.05) is 12.2 Å². The number of aromatic nitrogens is 1. The average Bonchev–Trinajstić information content (AvgIpc) is 3.09. The summed E-state index contributed by atoms with van der Waals surface area (Å²) in [6.45, 7) is 0.157. The first-order valence-corrected chi connectivity index (χ1v) is 10.8. The molecule has 0 bridgehead atoms. The fraction of sp³-hybridized carbons (Fsp3) is 0.421. The lowest BCUT2D eigenvalue weighted by atomic mass is 9.85. The van der Waals surface area contributed by atoms with Gasteiger partial charge in [0.15, 0.2) is 5.58 Å². The molecule has 3 heterocycles. The van der Waals surface area contributed by atoms with Gasteiger partial charge in [-0.2, -0.15) is 4.31 Å². The number of nitrogens with zero attached hydrogens (tertiary/aromatic N) is 3. The SMILES string of the molecule is Cn1c(=O)oc2ccc(S(=O)(=O)N3CC(N4C(=O)[C@@H]5CC=CC[C@H]5C4=O)C3)cc21. The lowest BCUT2D eigenvalue weighted by molar-refractivity contribution is -0.145. The lowest BCUT2D eigenvalue weighted by Gasteiger charge is -2.42. The quantitative estimate of drug-likeness (QED) is 0.530. The van der Waals surface area contributed by atoms with Crippen molar-refractivity contribution < 1.29 is 22.4 Å². The maximum atomic E-state index is 13.0. The summed E-state index contributed by atoms with van der Waals surface area (Å²) in [5.41, 5.74) is 0.692. The molecule has 3 aliphatic rings. The van der Waals surface area contributed by atoms with Gasteiger partial charge in [-0.15, -0.1) is 0 Å². The van der Waals surface area contributed by atoms with Gasteiger partial charge in [0, 0.05) is 20.1 Å². The zero-order valence-corrected chi connectivity index (χ0v) is 16.5. The monoisotopic (exact) mass is 417 g/mol. The molecule has 2 aliphatic heterocycles. The van der Waals surface area contributed by atoms with Crippen LogP contribution in [0.3, 0.4) is 0 Å². The lowest BCUT2D eigenvalue weighted by Crippen LogP contribution is -2.62. The van der Waals surface area contributed by atoms with E-state index < -0.39 is 21.8 Å². The first kappa shape index (κ1) is 18.3. The minimum Gasteiger partial charge on any atom is -0.408 e. The zero-order chi connectivity index (χ0) is 20.5. The largest absolute Gasteiger partial charge is 0.419 e. The molecule has 0 N–H and O–H groups in total. The summed E-state index contributed by atoms with van der Waals surface area (Å²) in [7, 11) is -2.31. The number of sulfonamides is 1. The van der Waals surface area contributed by atoms with Crippen molar-refractivity contribution in [3.63, 3.8) is 0 Å². The summed E-state index contributed by atoms with van der Waals surface area (Å²) in [5.74, 6) is -1.59. The van der Waals surface area contributed by atoms with Crippen LogP contribution in [0.25, 0.3) is 11.1 Å². The van der Waals surface area contributed by atoms with Crippen LogP contribution in [0.5, 0.6) is 0 Å². The molecule has 0 spiro atoms. The molecular weight excluding hydrogens is 398 g/mol. The molecule has 9 nitrogen and oxygen atoms in total. The number of aryl methyl sites for hydroxylation is 1. The smallest absolute Gasteiger partial charge is 0.408 e. The van der Waals surface area contributed by atoms with Crippen LogP contribution in [-0.4, -0.2) is 53.1 Å². The second-order valence-corrected chi connectivity index (χ2v) is 9.67. The number of hydrogen-bond donors (Lipinski definition) is 0. The third-order valence-electron chi connectivity index (χ3n) is 6.14. The highest BCUT2D eigenvalue weighted by Crippen LogP contribution is 2.38. The van der Waals surface area contributed by atoms with Crippen molar-refractivity contribution in [3.8, 4) is 0 Å². The summed E-state index contributed by atoms with van der Waals surface area (Å²) in [6, 6.07) is 3.80. The minimum absolute atomic E-state index is 0.0387. The van der Waals surface area contributed by atoms with Crippen LogP contribution in [0.2, 0.25) is 0 Å². The molecule has 2 atom stereocenters. The number of allylic oxidation sites excluding steroid dienone is 2. The van der Waals surface area contributed by atoms with Crippen LogP contribution in [0.15, 0.2) is 44.5 Å². The van der Waals surface area contributed by atoms with E-state index in [1.807, 2.05) is 12.2 Å². The molecule has 0 radical (unpaired) electrons. The van der Waals surface area contributed by atoms with Crippen molar-refractivity contribution in [2.24, 2.45) is 18.9 Å². The molecule has 29 heavy (non-hydrogen) atoms. The Kier molecular flexibility index (Phi) is 3.88. The van der Waals surface area contributed by atoms with E-state index in [1.165, 1.54) is 39.0 Å². The molecule has 2 amide bonds. The van der Waals surface area contributed by atoms with Gasteiger partial charge >= 0.3 is 5.76 Å². The van der Waals surface area contributed by atoms with Gasteiger partial charge in [-0.25, -0.2) is 13.2 Å². The molecule has 152 valence electrons. The molecule has 10 heteroatoms. The Labute approximate surface area is 166 Å². The summed E-state index contributed by atoms with van der Waals surface area (Å²) >= 11 is 0. The summed E-state index contributed by atoms with van der Waals surface area (Å²) in [6.07, 6.45) is 4.97. The van der Waals surface area contributed by atoms with Crippen molar-refractivity contribution in [2.45, 2.75) is 23.8 Å². The van der Waals surface area contributed by atoms with Gasteiger partial charge in [-0.3, -0.25) is 19.1 Å². The summed E-state index contributed by atoms with van der Waals surface area (Å²) < 4.78 is 33.4. The number of hydrogen-bond acceptors (Lipinski definition) is 6. The number of oxazole rings is 1. The van der Waals surface area contributed by atoms with Crippen LogP contribution in [0, 0.1) is 11.8 Å². The van der Waals surface area contributed by atoms with E-state index in [1.54, 1.807) is 0 Å². The van der Waals surface area contributed by atoms with Gasteiger partial charge in [0.05, 0.1) is 28.3 Å². The molecule has 0 unspecified atom stereocenters. The minimum atomic E-state index is -3.81.